The lowest BCUT2D eigenvalue weighted by molar-refractivity contribution is 0.448. The summed E-state index contributed by atoms with van der Waals surface area (Å²) in [7, 11) is 0. The predicted molar refractivity (Wildman–Crippen MR) is 86.8 cm³/mol. The molecule has 0 unspecified atom stereocenters. The first kappa shape index (κ1) is 13.8. The summed E-state index contributed by atoms with van der Waals surface area (Å²) in [4.78, 5) is 0. The van der Waals surface area contributed by atoms with Crippen LogP contribution in [0.15, 0.2) is 66.7 Å². The Balaban J connectivity index is 2.14. The lowest BCUT2D eigenvalue weighted by Crippen LogP contribution is -1.93. The van der Waals surface area contributed by atoms with Crippen LogP contribution in [-0.4, -0.2) is 0 Å². The maximum Gasteiger partial charge on any atom is 0.194 e. The fraction of sp³-hybridized carbons (Fsp3) is 0. The molecule has 0 bridgehead atoms. The molecule has 0 amide bonds. The third-order valence-corrected chi connectivity index (χ3v) is 4.06. The molecule has 0 aromatic heterocycles. The number of benzene rings is 4. The zero-order chi connectivity index (χ0) is 16.0. The Hall–Kier alpha value is -2.81. The highest BCUT2D eigenvalue weighted by Gasteiger charge is 2.14. The van der Waals surface area contributed by atoms with Gasteiger partial charge in [0.05, 0.1) is 0 Å². The molecule has 0 saturated carbocycles. The molecule has 0 N–H and O–H groups in total. The van der Waals surface area contributed by atoms with Crippen LogP contribution < -0.4 is 0 Å². The van der Waals surface area contributed by atoms with E-state index in [1.54, 1.807) is 0 Å². The van der Waals surface area contributed by atoms with Crippen molar-refractivity contribution in [2.45, 2.75) is 0 Å². The largest absolute Gasteiger partial charge is 0.204 e. The zero-order valence-electron chi connectivity index (χ0n) is 12.0. The van der Waals surface area contributed by atoms with Gasteiger partial charge >= 0.3 is 0 Å². The maximum absolute atomic E-state index is 13.6. The van der Waals surface area contributed by atoms with Gasteiger partial charge in [-0.25, -0.2) is 13.2 Å². The summed E-state index contributed by atoms with van der Waals surface area (Å²) in [6, 6.07) is 19.4. The average Bonchev–Trinajstić information content (AvgIpc) is 2.58. The van der Waals surface area contributed by atoms with E-state index in [9.17, 15) is 13.2 Å². The molecule has 0 spiro atoms. The van der Waals surface area contributed by atoms with Crippen molar-refractivity contribution in [1.82, 2.24) is 0 Å². The first-order valence-electron chi connectivity index (χ1n) is 7.20. The van der Waals surface area contributed by atoms with Gasteiger partial charge in [0.2, 0.25) is 0 Å². The van der Waals surface area contributed by atoms with Crippen LogP contribution in [0, 0.1) is 17.5 Å². The number of hydrogen-bond donors (Lipinski definition) is 0. The molecule has 0 atom stereocenters. The van der Waals surface area contributed by atoms with Crippen LogP contribution in [0.2, 0.25) is 0 Å². The highest BCUT2D eigenvalue weighted by Crippen LogP contribution is 2.35. The standard InChI is InChI=1S/C20H11F3/c21-18-10-13(11-19(22)20(18)23)17-9-12-5-1-2-6-14(12)15-7-3-4-8-16(15)17/h1-11H. The van der Waals surface area contributed by atoms with Gasteiger partial charge in [-0.15, -0.1) is 0 Å². The lowest BCUT2D eigenvalue weighted by atomic mass is 9.93. The molecule has 0 nitrogen and oxygen atoms in total. The summed E-state index contributed by atoms with van der Waals surface area (Å²) in [5.41, 5.74) is 1.00. The Morgan fingerprint density at radius 2 is 1.13 bits per heavy atom. The molecule has 4 aromatic carbocycles. The zero-order valence-corrected chi connectivity index (χ0v) is 12.0. The first-order chi connectivity index (χ1) is 11.1. The van der Waals surface area contributed by atoms with Gasteiger partial charge in [0.1, 0.15) is 0 Å². The third kappa shape index (κ3) is 2.16. The van der Waals surface area contributed by atoms with E-state index in [-0.39, 0.29) is 0 Å². The van der Waals surface area contributed by atoms with Gasteiger partial charge in [0.15, 0.2) is 17.5 Å². The van der Waals surface area contributed by atoms with Gasteiger partial charge in [-0.2, -0.15) is 0 Å². The van der Waals surface area contributed by atoms with Crippen molar-refractivity contribution in [2.24, 2.45) is 0 Å². The van der Waals surface area contributed by atoms with E-state index < -0.39 is 17.5 Å². The molecule has 0 fully saturated rings. The molecule has 0 radical (unpaired) electrons. The summed E-state index contributed by atoms with van der Waals surface area (Å²) in [5, 5.41) is 3.89. The number of halogens is 3. The SMILES string of the molecule is Fc1cc(-c2cc3ccccc3c3ccccc23)cc(F)c1F. The molecule has 0 saturated heterocycles. The van der Waals surface area contributed by atoms with E-state index in [0.717, 1.165) is 33.7 Å². The molecule has 0 aliphatic rings. The summed E-state index contributed by atoms with van der Waals surface area (Å²) < 4.78 is 40.5. The fourth-order valence-corrected chi connectivity index (χ4v) is 3.00. The molecule has 3 heteroatoms. The number of fused-ring (bicyclic) bond motifs is 3. The van der Waals surface area contributed by atoms with Gasteiger partial charge in [-0.05, 0) is 50.9 Å². The summed E-state index contributed by atoms with van der Waals surface area (Å²) in [5.74, 6) is -3.81. The van der Waals surface area contributed by atoms with Crippen molar-refractivity contribution in [1.29, 1.82) is 0 Å². The summed E-state index contributed by atoms with van der Waals surface area (Å²) in [6.45, 7) is 0. The molecule has 0 heterocycles. The Kier molecular flexibility index (Phi) is 3.08. The van der Waals surface area contributed by atoms with Crippen LogP contribution in [0.3, 0.4) is 0 Å². The van der Waals surface area contributed by atoms with Crippen molar-refractivity contribution in [3.63, 3.8) is 0 Å². The van der Waals surface area contributed by atoms with Gasteiger partial charge in [0, 0.05) is 0 Å². The van der Waals surface area contributed by atoms with E-state index in [2.05, 4.69) is 0 Å². The lowest BCUT2D eigenvalue weighted by Gasteiger charge is -2.11. The van der Waals surface area contributed by atoms with Crippen LogP contribution in [0.4, 0.5) is 13.2 Å². The van der Waals surface area contributed by atoms with Crippen LogP contribution in [0.25, 0.3) is 32.7 Å². The molecular weight excluding hydrogens is 297 g/mol. The Morgan fingerprint density at radius 3 is 1.83 bits per heavy atom. The molecule has 4 aromatic rings. The van der Waals surface area contributed by atoms with Crippen LogP contribution >= 0.6 is 0 Å². The molecule has 23 heavy (non-hydrogen) atoms. The summed E-state index contributed by atoms with van der Waals surface area (Å²) in [6.07, 6.45) is 0. The molecule has 0 aliphatic heterocycles. The second kappa shape index (κ2) is 5.13. The normalized spacial score (nSPS) is 11.3. The Bertz CT molecular complexity index is 1030. The smallest absolute Gasteiger partial charge is 0.194 e. The fourth-order valence-electron chi connectivity index (χ4n) is 3.00. The molecular formula is C20H11F3. The Morgan fingerprint density at radius 1 is 0.565 bits per heavy atom. The monoisotopic (exact) mass is 308 g/mol. The van der Waals surface area contributed by atoms with Crippen LogP contribution in [-0.2, 0) is 0 Å². The van der Waals surface area contributed by atoms with Crippen molar-refractivity contribution in [3.8, 4) is 11.1 Å². The minimum absolute atomic E-state index is 0.323. The Labute approximate surface area is 130 Å². The van der Waals surface area contributed by atoms with E-state index in [1.165, 1.54) is 0 Å². The summed E-state index contributed by atoms with van der Waals surface area (Å²) >= 11 is 0. The van der Waals surface area contributed by atoms with Gasteiger partial charge in [0.25, 0.3) is 0 Å². The number of hydrogen-bond acceptors (Lipinski definition) is 0. The van der Waals surface area contributed by atoms with E-state index >= 15 is 0 Å². The van der Waals surface area contributed by atoms with Gasteiger partial charge in [-0.3, -0.25) is 0 Å². The van der Waals surface area contributed by atoms with Crippen molar-refractivity contribution < 1.29 is 13.2 Å². The van der Waals surface area contributed by atoms with Crippen molar-refractivity contribution in [2.75, 3.05) is 0 Å². The second-order valence-electron chi connectivity index (χ2n) is 5.44. The van der Waals surface area contributed by atoms with E-state index in [4.69, 9.17) is 0 Å². The predicted octanol–water partition coefficient (Wildman–Crippen LogP) is 6.08. The highest BCUT2D eigenvalue weighted by molar-refractivity contribution is 6.13. The highest BCUT2D eigenvalue weighted by atomic mass is 19.2. The molecule has 4 rings (SSSR count). The van der Waals surface area contributed by atoms with E-state index in [0.29, 0.717) is 11.1 Å². The third-order valence-electron chi connectivity index (χ3n) is 4.06. The average molecular weight is 308 g/mol. The maximum atomic E-state index is 13.6. The van der Waals surface area contributed by atoms with Crippen LogP contribution in [0.1, 0.15) is 0 Å². The molecule has 112 valence electrons. The topological polar surface area (TPSA) is 0 Å². The van der Waals surface area contributed by atoms with E-state index in [1.807, 2.05) is 54.6 Å². The minimum atomic E-state index is -1.45. The second-order valence-corrected chi connectivity index (χ2v) is 5.44. The van der Waals surface area contributed by atoms with Gasteiger partial charge in [-0.1, -0.05) is 48.5 Å². The van der Waals surface area contributed by atoms with Crippen molar-refractivity contribution >= 4 is 21.5 Å². The number of rotatable bonds is 1. The van der Waals surface area contributed by atoms with Crippen LogP contribution in [0.5, 0.6) is 0 Å². The quantitative estimate of drug-likeness (QED) is 0.295. The van der Waals surface area contributed by atoms with Gasteiger partial charge < -0.3 is 0 Å². The van der Waals surface area contributed by atoms with Crippen molar-refractivity contribution in [3.05, 3.63) is 84.2 Å². The minimum Gasteiger partial charge on any atom is -0.204 e. The molecule has 0 aliphatic carbocycles. The first-order valence-corrected chi connectivity index (χ1v) is 7.20.